The Morgan fingerprint density at radius 2 is 2.05 bits per heavy atom. The summed E-state index contributed by atoms with van der Waals surface area (Å²) in [6, 6.07) is 7.25. The average Bonchev–Trinajstić information content (AvgIpc) is 2.85. The van der Waals surface area contributed by atoms with E-state index in [0.717, 1.165) is 11.6 Å². The minimum absolute atomic E-state index is 0.0424. The summed E-state index contributed by atoms with van der Waals surface area (Å²) in [7, 11) is 0. The minimum atomic E-state index is -0.651. The normalized spacial score (nSPS) is 12.9. The van der Waals surface area contributed by atoms with Gasteiger partial charge in [-0.3, -0.25) is 4.79 Å². The van der Waals surface area contributed by atoms with E-state index in [1.807, 2.05) is 0 Å². The Labute approximate surface area is 120 Å². The Kier molecular flexibility index (Phi) is 3.10. The van der Waals surface area contributed by atoms with Gasteiger partial charge in [0.05, 0.1) is 17.7 Å². The molecule has 0 unspecified atom stereocenters. The Balaban J connectivity index is 2.11. The quantitative estimate of drug-likeness (QED) is 0.683. The maximum Gasteiger partial charge on any atom is 0.199 e. The molecule has 0 saturated carbocycles. The second-order valence-electron chi connectivity index (χ2n) is 4.61. The zero-order chi connectivity index (χ0) is 14.3. The van der Waals surface area contributed by atoms with Gasteiger partial charge in [0.1, 0.15) is 11.6 Å². The highest BCUT2D eigenvalue weighted by Crippen LogP contribution is 2.34. The van der Waals surface area contributed by atoms with Crippen LogP contribution in [0.2, 0.25) is 5.02 Å². The van der Waals surface area contributed by atoms with Gasteiger partial charge in [0, 0.05) is 17.1 Å². The topological polar surface area (TPSA) is 52.3 Å². The predicted octanol–water partition coefficient (Wildman–Crippen LogP) is 3.23. The number of ketones is 1. The van der Waals surface area contributed by atoms with Crippen LogP contribution in [-0.2, 0) is 6.42 Å². The monoisotopic (exact) mass is 291 g/mol. The number of ether oxygens (including phenoxy) is 1. The average molecular weight is 292 g/mol. The van der Waals surface area contributed by atoms with E-state index in [9.17, 15) is 9.18 Å². The lowest BCUT2D eigenvalue weighted by Gasteiger charge is -2.09. The number of nitrogens with two attached hydrogens (primary N) is 1. The zero-order valence-corrected chi connectivity index (χ0v) is 11.2. The molecule has 2 aromatic carbocycles. The molecule has 0 fully saturated rings. The maximum absolute atomic E-state index is 13.9. The van der Waals surface area contributed by atoms with Gasteiger partial charge in [0.15, 0.2) is 5.78 Å². The lowest BCUT2D eigenvalue weighted by Crippen LogP contribution is -2.07. The lowest BCUT2D eigenvalue weighted by molar-refractivity contribution is 0.103. The molecule has 0 atom stereocenters. The van der Waals surface area contributed by atoms with Crippen LogP contribution in [0.5, 0.6) is 5.75 Å². The first-order chi connectivity index (χ1) is 9.56. The van der Waals surface area contributed by atoms with Gasteiger partial charge in [0.2, 0.25) is 0 Å². The van der Waals surface area contributed by atoms with E-state index in [0.29, 0.717) is 23.8 Å². The van der Waals surface area contributed by atoms with Gasteiger partial charge < -0.3 is 10.5 Å². The Morgan fingerprint density at radius 1 is 1.25 bits per heavy atom. The van der Waals surface area contributed by atoms with Crippen molar-refractivity contribution in [3.8, 4) is 5.75 Å². The van der Waals surface area contributed by atoms with Crippen molar-refractivity contribution in [3.05, 3.63) is 57.9 Å². The third kappa shape index (κ3) is 2.12. The summed E-state index contributed by atoms with van der Waals surface area (Å²) in [5.41, 5.74) is 6.87. The molecule has 0 spiro atoms. The number of anilines is 1. The fourth-order valence-corrected chi connectivity index (χ4v) is 2.54. The number of nitrogen functional groups attached to an aromatic ring is 1. The molecule has 0 bridgehead atoms. The maximum atomic E-state index is 13.9. The van der Waals surface area contributed by atoms with E-state index in [1.165, 1.54) is 18.2 Å². The van der Waals surface area contributed by atoms with Crippen molar-refractivity contribution in [2.45, 2.75) is 6.42 Å². The Morgan fingerprint density at radius 3 is 2.80 bits per heavy atom. The number of halogens is 2. The van der Waals surface area contributed by atoms with Crippen molar-refractivity contribution in [3.63, 3.8) is 0 Å². The number of carbonyl (C=O) groups is 1. The molecular weight excluding hydrogens is 281 g/mol. The van der Waals surface area contributed by atoms with Crippen molar-refractivity contribution in [1.82, 2.24) is 0 Å². The SMILES string of the molecule is Nc1ccc(C(=O)c2cc(Cl)cc3c2OCC3)c(F)c1. The van der Waals surface area contributed by atoms with Gasteiger partial charge in [0.25, 0.3) is 0 Å². The molecule has 1 aliphatic rings. The summed E-state index contributed by atoms with van der Waals surface area (Å²) in [5.74, 6) is -0.611. The first kappa shape index (κ1) is 12.9. The van der Waals surface area contributed by atoms with Crippen LogP contribution >= 0.6 is 11.6 Å². The summed E-state index contributed by atoms with van der Waals surface area (Å²) in [6.45, 7) is 0.500. The second kappa shape index (κ2) is 4.80. The third-order valence-corrected chi connectivity index (χ3v) is 3.45. The van der Waals surface area contributed by atoms with Crippen molar-refractivity contribution in [1.29, 1.82) is 0 Å². The van der Waals surface area contributed by atoms with Crippen molar-refractivity contribution in [2.24, 2.45) is 0 Å². The van der Waals surface area contributed by atoms with Crippen LogP contribution in [0.3, 0.4) is 0 Å². The molecule has 0 saturated heterocycles. The number of rotatable bonds is 2. The summed E-state index contributed by atoms with van der Waals surface area (Å²) >= 11 is 6.00. The molecule has 3 nitrogen and oxygen atoms in total. The van der Waals surface area contributed by atoms with Gasteiger partial charge >= 0.3 is 0 Å². The van der Waals surface area contributed by atoms with Gasteiger partial charge in [-0.2, -0.15) is 0 Å². The Hall–Kier alpha value is -2.07. The predicted molar refractivity (Wildman–Crippen MR) is 74.9 cm³/mol. The van der Waals surface area contributed by atoms with E-state index in [2.05, 4.69) is 0 Å². The molecule has 102 valence electrons. The van der Waals surface area contributed by atoms with Crippen molar-refractivity contribution >= 4 is 23.1 Å². The molecule has 0 radical (unpaired) electrons. The lowest BCUT2D eigenvalue weighted by atomic mass is 9.99. The molecule has 20 heavy (non-hydrogen) atoms. The van der Waals surface area contributed by atoms with Crippen LogP contribution in [0.4, 0.5) is 10.1 Å². The number of carbonyl (C=O) groups excluding carboxylic acids is 1. The highest BCUT2D eigenvalue weighted by Gasteiger charge is 2.24. The molecule has 5 heteroatoms. The Bertz CT molecular complexity index is 715. The van der Waals surface area contributed by atoms with Crippen molar-refractivity contribution in [2.75, 3.05) is 12.3 Å². The third-order valence-electron chi connectivity index (χ3n) is 3.23. The van der Waals surface area contributed by atoms with E-state index < -0.39 is 11.6 Å². The van der Waals surface area contributed by atoms with Crippen LogP contribution in [0.1, 0.15) is 21.5 Å². The number of benzene rings is 2. The first-order valence-electron chi connectivity index (χ1n) is 6.11. The van der Waals surface area contributed by atoms with Gasteiger partial charge in [-0.15, -0.1) is 0 Å². The van der Waals surface area contributed by atoms with Crippen LogP contribution in [0.25, 0.3) is 0 Å². The van der Waals surface area contributed by atoms with Crippen LogP contribution in [0.15, 0.2) is 30.3 Å². The highest BCUT2D eigenvalue weighted by atomic mass is 35.5. The molecule has 0 aromatic heterocycles. The number of hydrogen-bond acceptors (Lipinski definition) is 3. The van der Waals surface area contributed by atoms with Crippen LogP contribution in [0, 0.1) is 5.82 Å². The largest absolute Gasteiger partial charge is 0.492 e. The molecular formula is C15H11ClFNO2. The van der Waals surface area contributed by atoms with E-state index in [4.69, 9.17) is 22.1 Å². The van der Waals surface area contributed by atoms with Gasteiger partial charge in [-0.1, -0.05) is 11.6 Å². The summed E-state index contributed by atoms with van der Waals surface area (Å²) in [4.78, 5) is 12.5. The molecule has 2 aromatic rings. The highest BCUT2D eigenvalue weighted by molar-refractivity contribution is 6.31. The molecule has 0 aliphatic carbocycles. The number of hydrogen-bond donors (Lipinski definition) is 1. The summed E-state index contributed by atoms with van der Waals surface area (Å²) in [6.07, 6.45) is 0.695. The van der Waals surface area contributed by atoms with E-state index in [1.54, 1.807) is 6.07 Å². The smallest absolute Gasteiger partial charge is 0.199 e. The molecule has 2 N–H and O–H groups in total. The standard InChI is InChI=1S/C15H11ClFNO2/c16-9-5-8-3-4-20-15(8)12(6-9)14(19)11-2-1-10(18)7-13(11)17/h1-2,5-7H,3-4,18H2. The molecule has 0 amide bonds. The minimum Gasteiger partial charge on any atom is -0.492 e. The zero-order valence-electron chi connectivity index (χ0n) is 10.5. The van der Waals surface area contributed by atoms with Crippen LogP contribution < -0.4 is 10.5 Å². The summed E-state index contributed by atoms with van der Waals surface area (Å²) < 4.78 is 19.3. The fourth-order valence-electron chi connectivity index (χ4n) is 2.30. The fraction of sp³-hybridized carbons (Fsp3) is 0.133. The first-order valence-corrected chi connectivity index (χ1v) is 6.49. The molecule has 3 rings (SSSR count). The molecule has 1 aliphatic heterocycles. The summed E-state index contributed by atoms with van der Waals surface area (Å²) in [5, 5.41) is 0.438. The van der Waals surface area contributed by atoms with Gasteiger partial charge in [-0.05, 0) is 35.9 Å². The van der Waals surface area contributed by atoms with Crippen LogP contribution in [-0.4, -0.2) is 12.4 Å². The molecule has 1 heterocycles. The van der Waals surface area contributed by atoms with E-state index in [-0.39, 0.29) is 16.8 Å². The van der Waals surface area contributed by atoms with E-state index >= 15 is 0 Å². The van der Waals surface area contributed by atoms with Gasteiger partial charge in [-0.25, -0.2) is 4.39 Å². The number of fused-ring (bicyclic) bond motifs is 1. The van der Waals surface area contributed by atoms with Crippen molar-refractivity contribution < 1.29 is 13.9 Å². The second-order valence-corrected chi connectivity index (χ2v) is 5.04.